The Hall–Kier alpha value is -0.300. The maximum atomic E-state index is 12.0. The van der Waals surface area contributed by atoms with Gasteiger partial charge in [0.1, 0.15) is 5.75 Å². The quantitative estimate of drug-likeness (QED) is 0.374. The number of hydrogen-bond acceptors (Lipinski definition) is 2. The van der Waals surface area contributed by atoms with Gasteiger partial charge in [-0.05, 0) is 51.4 Å². The van der Waals surface area contributed by atoms with Crippen molar-refractivity contribution in [2.45, 2.75) is 25.7 Å². The average molecular weight is 440 g/mol. The fraction of sp³-hybridized carbons (Fsp3) is 0.500. The molecule has 0 aromatic heterocycles. The SMILES string of the molecule is COc1ccc(Br)c(C(=O)NCCCCCCI)c1. The Morgan fingerprint density at radius 2 is 2.05 bits per heavy atom. The van der Waals surface area contributed by atoms with Crippen LogP contribution in [0.5, 0.6) is 5.75 Å². The molecule has 0 bridgehead atoms. The van der Waals surface area contributed by atoms with Crippen LogP contribution in [-0.4, -0.2) is 24.0 Å². The predicted octanol–water partition coefficient (Wildman–Crippen LogP) is 4.18. The number of halogens is 2. The molecule has 1 aromatic carbocycles. The highest BCUT2D eigenvalue weighted by atomic mass is 127. The molecule has 1 rings (SSSR count). The predicted molar refractivity (Wildman–Crippen MR) is 90.4 cm³/mol. The van der Waals surface area contributed by atoms with Gasteiger partial charge < -0.3 is 10.1 Å². The second kappa shape index (κ2) is 9.58. The van der Waals surface area contributed by atoms with E-state index in [1.165, 1.54) is 23.7 Å². The van der Waals surface area contributed by atoms with Crippen LogP contribution in [0.15, 0.2) is 22.7 Å². The summed E-state index contributed by atoms with van der Waals surface area (Å²) in [5, 5.41) is 2.94. The molecule has 0 unspecified atom stereocenters. The second-order valence-electron chi connectivity index (χ2n) is 4.20. The summed E-state index contributed by atoms with van der Waals surface area (Å²) in [5.41, 5.74) is 0.617. The number of hydrogen-bond donors (Lipinski definition) is 1. The fourth-order valence-electron chi connectivity index (χ4n) is 1.68. The van der Waals surface area contributed by atoms with E-state index in [-0.39, 0.29) is 5.91 Å². The molecular formula is C14H19BrINO2. The van der Waals surface area contributed by atoms with Gasteiger partial charge in [0, 0.05) is 11.0 Å². The lowest BCUT2D eigenvalue weighted by atomic mass is 10.2. The van der Waals surface area contributed by atoms with Crippen LogP contribution < -0.4 is 10.1 Å². The number of carbonyl (C=O) groups excluding carboxylic acids is 1. The number of benzene rings is 1. The summed E-state index contributed by atoms with van der Waals surface area (Å²) in [7, 11) is 1.60. The Bertz CT molecular complexity index is 412. The number of methoxy groups -OCH3 is 1. The number of nitrogens with one attached hydrogen (secondary N) is 1. The van der Waals surface area contributed by atoms with Crippen molar-refractivity contribution in [3.05, 3.63) is 28.2 Å². The molecule has 0 radical (unpaired) electrons. The van der Waals surface area contributed by atoms with Crippen molar-refractivity contribution >= 4 is 44.4 Å². The normalized spacial score (nSPS) is 10.3. The highest BCUT2D eigenvalue weighted by Gasteiger charge is 2.10. The Balaban J connectivity index is 2.40. The van der Waals surface area contributed by atoms with Crippen LogP contribution in [-0.2, 0) is 0 Å². The molecule has 106 valence electrons. The van der Waals surface area contributed by atoms with Gasteiger partial charge in [0.05, 0.1) is 12.7 Å². The van der Waals surface area contributed by atoms with E-state index in [1.807, 2.05) is 12.1 Å². The third-order valence-electron chi connectivity index (χ3n) is 2.76. The Labute approximate surface area is 136 Å². The zero-order valence-electron chi connectivity index (χ0n) is 11.0. The third-order valence-corrected chi connectivity index (χ3v) is 4.22. The van der Waals surface area contributed by atoms with E-state index in [9.17, 15) is 4.79 Å². The zero-order chi connectivity index (χ0) is 14.1. The summed E-state index contributed by atoms with van der Waals surface area (Å²) in [6.07, 6.45) is 4.70. The largest absolute Gasteiger partial charge is 0.497 e. The van der Waals surface area contributed by atoms with Crippen molar-refractivity contribution in [3.63, 3.8) is 0 Å². The van der Waals surface area contributed by atoms with Crippen molar-refractivity contribution in [2.24, 2.45) is 0 Å². The highest BCUT2D eigenvalue weighted by Crippen LogP contribution is 2.22. The topological polar surface area (TPSA) is 38.3 Å². The molecule has 1 amide bonds. The lowest BCUT2D eigenvalue weighted by Gasteiger charge is -2.08. The summed E-state index contributed by atoms with van der Waals surface area (Å²) in [6.45, 7) is 0.726. The zero-order valence-corrected chi connectivity index (χ0v) is 14.8. The van der Waals surface area contributed by atoms with Gasteiger partial charge in [-0.15, -0.1) is 0 Å². The molecule has 0 aliphatic rings. The average Bonchev–Trinajstić information content (AvgIpc) is 2.43. The minimum absolute atomic E-state index is 0.0559. The smallest absolute Gasteiger partial charge is 0.252 e. The van der Waals surface area contributed by atoms with Gasteiger partial charge in [-0.1, -0.05) is 35.4 Å². The van der Waals surface area contributed by atoms with Gasteiger partial charge in [0.25, 0.3) is 5.91 Å². The van der Waals surface area contributed by atoms with Crippen LogP contribution in [0.3, 0.4) is 0 Å². The molecule has 19 heavy (non-hydrogen) atoms. The summed E-state index contributed by atoms with van der Waals surface area (Å²) in [5.74, 6) is 0.634. The molecule has 0 saturated heterocycles. The Morgan fingerprint density at radius 3 is 2.74 bits per heavy atom. The maximum absolute atomic E-state index is 12.0. The van der Waals surface area contributed by atoms with Gasteiger partial charge in [-0.3, -0.25) is 4.79 Å². The van der Waals surface area contributed by atoms with E-state index >= 15 is 0 Å². The fourth-order valence-corrected chi connectivity index (χ4v) is 2.64. The van der Waals surface area contributed by atoms with Crippen molar-refractivity contribution in [1.82, 2.24) is 5.32 Å². The van der Waals surface area contributed by atoms with Crippen molar-refractivity contribution in [3.8, 4) is 5.75 Å². The van der Waals surface area contributed by atoms with Gasteiger partial charge in [0.15, 0.2) is 0 Å². The van der Waals surface area contributed by atoms with Crippen LogP contribution in [0, 0.1) is 0 Å². The summed E-state index contributed by atoms with van der Waals surface area (Å²) >= 11 is 5.78. The molecule has 5 heteroatoms. The molecule has 0 heterocycles. The first kappa shape index (κ1) is 16.8. The minimum atomic E-state index is -0.0559. The van der Waals surface area contributed by atoms with Gasteiger partial charge in [0.2, 0.25) is 0 Å². The first-order valence-electron chi connectivity index (χ1n) is 6.36. The lowest BCUT2D eigenvalue weighted by Crippen LogP contribution is -2.24. The monoisotopic (exact) mass is 439 g/mol. The van der Waals surface area contributed by atoms with Crippen LogP contribution >= 0.6 is 38.5 Å². The van der Waals surface area contributed by atoms with E-state index in [2.05, 4.69) is 43.8 Å². The molecular weight excluding hydrogens is 421 g/mol. The molecule has 1 aromatic rings. The summed E-state index contributed by atoms with van der Waals surface area (Å²) in [6, 6.07) is 5.40. The molecule has 3 nitrogen and oxygen atoms in total. The summed E-state index contributed by atoms with van der Waals surface area (Å²) < 4.78 is 7.13. The van der Waals surface area contributed by atoms with Crippen LogP contribution in [0.25, 0.3) is 0 Å². The van der Waals surface area contributed by atoms with E-state index in [0.717, 1.165) is 17.4 Å². The highest BCUT2D eigenvalue weighted by molar-refractivity contribution is 14.1. The van der Waals surface area contributed by atoms with Gasteiger partial charge in [-0.2, -0.15) is 0 Å². The van der Waals surface area contributed by atoms with Crippen LogP contribution in [0.2, 0.25) is 0 Å². The maximum Gasteiger partial charge on any atom is 0.252 e. The lowest BCUT2D eigenvalue weighted by molar-refractivity contribution is 0.0952. The molecule has 0 spiro atoms. The summed E-state index contributed by atoms with van der Waals surface area (Å²) in [4.78, 5) is 12.0. The number of ether oxygens (including phenoxy) is 1. The van der Waals surface area contributed by atoms with E-state index in [1.54, 1.807) is 13.2 Å². The molecule has 0 atom stereocenters. The van der Waals surface area contributed by atoms with E-state index in [4.69, 9.17) is 4.74 Å². The molecule has 0 fully saturated rings. The molecule has 0 saturated carbocycles. The third kappa shape index (κ3) is 6.12. The number of alkyl halides is 1. The minimum Gasteiger partial charge on any atom is -0.497 e. The van der Waals surface area contributed by atoms with Gasteiger partial charge >= 0.3 is 0 Å². The molecule has 1 N–H and O–H groups in total. The number of amides is 1. The van der Waals surface area contributed by atoms with Crippen molar-refractivity contribution in [2.75, 3.05) is 18.1 Å². The van der Waals surface area contributed by atoms with E-state index < -0.39 is 0 Å². The molecule has 0 aliphatic carbocycles. The van der Waals surface area contributed by atoms with Crippen LogP contribution in [0.4, 0.5) is 0 Å². The van der Waals surface area contributed by atoms with Gasteiger partial charge in [-0.25, -0.2) is 0 Å². The first-order valence-corrected chi connectivity index (χ1v) is 8.68. The van der Waals surface area contributed by atoms with Crippen LogP contribution in [0.1, 0.15) is 36.0 Å². The molecule has 0 aliphatic heterocycles. The van der Waals surface area contributed by atoms with Crippen molar-refractivity contribution in [1.29, 1.82) is 0 Å². The van der Waals surface area contributed by atoms with E-state index in [0.29, 0.717) is 11.3 Å². The number of rotatable bonds is 8. The standard InChI is InChI=1S/C14H19BrINO2/c1-19-11-6-7-13(15)12(10-11)14(18)17-9-5-3-2-4-8-16/h6-7,10H,2-5,8-9H2,1H3,(H,17,18). The Kier molecular flexibility index (Phi) is 8.45. The second-order valence-corrected chi connectivity index (χ2v) is 6.14. The first-order chi connectivity index (χ1) is 9.19. The van der Waals surface area contributed by atoms with Crippen molar-refractivity contribution < 1.29 is 9.53 Å². The number of carbonyl (C=O) groups is 1. The number of unbranched alkanes of at least 4 members (excludes halogenated alkanes) is 3. The Morgan fingerprint density at radius 1 is 1.32 bits per heavy atom.